The second kappa shape index (κ2) is 6.94. The van der Waals surface area contributed by atoms with Crippen molar-refractivity contribution in [2.45, 2.75) is 33.6 Å². The fourth-order valence-electron chi connectivity index (χ4n) is 1.70. The molecule has 0 aliphatic carbocycles. The van der Waals surface area contributed by atoms with E-state index in [1.165, 1.54) is 0 Å². The van der Waals surface area contributed by atoms with Gasteiger partial charge in [0.2, 0.25) is 0 Å². The number of esters is 1. The summed E-state index contributed by atoms with van der Waals surface area (Å²) in [5.41, 5.74) is 2.54. The van der Waals surface area contributed by atoms with Gasteiger partial charge >= 0.3 is 5.97 Å². The predicted octanol–water partition coefficient (Wildman–Crippen LogP) is 2.94. The van der Waals surface area contributed by atoms with Gasteiger partial charge in [-0.2, -0.15) is 0 Å². The van der Waals surface area contributed by atoms with Crippen LogP contribution in [0.25, 0.3) is 0 Å². The van der Waals surface area contributed by atoms with Crippen molar-refractivity contribution in [3.63, 3.8) is 0 Å². The highest BCUT2D eigenvalue weighted by atomic mass is 16.5. The van der Waals surface area contributed by atoms with E-state index in [0.29, 0.717) is 30.9 Å². The zero-order valence-electron chi connectivity index (χ0n) is 11.2. The van der Waals surface area contributed by atoms with Crippen molar-refractivity contribution < 1.29 is 14.3 Å². The highest BCUT2D eigenvalue weighted by Gasteiger charge is 2.09. The Labute approximate surface area is 108 Å². The van der Waals surface area contributed by atoms with Crippen LogP contribution in [0, 0.1) is 12.8 Å². The summed E-state index contributed by atoms with van der Waals surface area (Å²) in [7, 11) is 0. The molecule has 0 amide bonds. The Morgan fingerprint density at radius 1 is 1.39 bits per heavy atom. The molecule has 0 spiro atoms. The van der Waals surface area contributed by atoms with Gasteiger partial charge in [-0.05, 0) is 30.4 Å². The third-order valence-electron chi connectivity index (χ3n) is 2.71. The molecule has 0 aliphatic rings. The van der Waals surface area contributed by atoms with Crippen molar-refractivity contribution in [1.82, 2.24) is 0 Å². The first kappa shape index (κ1) is 14.4. The van der Waals surface area contributed by atoms with Crippen LogP contribution >= 0.6 is 0 Å². The molecule has 0 radical (unpaired) electrons. The van der Waals surface area contributed by atoms with Gasteiger partial charge in [0, 0.05) is 12.0 Å². The fourth-order valence-corrected chi connectivity index (χ4v) is 1.70. The van der Waals surface area contributed by atoms with Gasteiger partial charge < -0.3 is 4.74 Å². The molecule has 0 aliphatic heterocycles. The van der Waals surface area contributed by atoms with Crippen LogP contribution in [-0.2, 0) is 16.0 Å². The Morgan fingerprint density at radius 3 is 2.72 bits per heavy atom. The van der Waals surface area contributed by atoms with Crippen molar-refractivity contribution >= 4 is 12.3 Å². The number of aldehydes is 1. The summed E-state index contributed by atoms with van der Waals surface area (Å²) in [6, 6.07) is 5.67. The number of hydrogen-bond donors (Lipinski definition) is 0. The lowest BCUT2D eigenvalue weighted by Crippen LogP contribution is -2.11. The molecule has 0 fully saturated rings. The molecule has 0 unspecified atom stereocenters. The van der Waals surface area contributed by atoms with Crippen LogP contribution in [0.15, 0.2) is 18.2 Å². The maximum Gasteiger partial charge on any atom is 0.306 e. The molecule has 1 aromatic rings. The summed E-state index contributed by atoms with van der Waals surface area (Å²) < 4.78 is 5.10. The van der Waals surface area contributed by atoms with E-state index >= 15 is 0 Å². The molecular formula is C15H20O3. The molecule has 0 heterocycles. The first-order chi connectivity index (χ1) is 8.54. The number of aryl methyl sites for hydroxylation is 2. The molecule has 1 aromatic carbocycles. The molecule has 1 rings (SSSR count). The first-order valence-electron chi connectivity index (χ1n) is 6.24. The fraction of sp³-hybridized carbons (Fsp3) is 0.467. The highest BCUT2D eigenvalue weighted by molar-refractivity contribution is 5.80. The highest BCUT2D eigenvalue weighted by Crippen LogP contribution is 2.14. The van der Waals surface area contributed by atoms with Gasteiger partial charge in [-0.15, -0.1) is 0 Å². The minimum absolute atomic E-state index is 0.206. The summed E-state index contributed by atoms with van der Waals surface area (Å²) in [5.74, 6) is 0.139. The molecule has 0 atom stereocenters. The lowest BCUT2D eigenvalue weighted by molar-refractivity contribution is -0.144. The van der Waals surface area contributed by atoms with Crippen molar-refractivity contribution in [3.8, 4) is 0 Å². The Morgan fingerprint density at radius 2 is 2.11 bits per heavy atom. The second-order valence-electron chi connectivity index (χ2n) is 4.84. The number of benzene rings is 1. The van der Waals surface area contributed by atoms with Crippen LogP contribution in [0.1, 0.15) is 41.8 Å². The summed E-state index contributed by atoms with van der Waals surface area (Å²) in [5, 5.41) is 0. The quantitative estimate of drug-likeness (QED) is 0.574. The number of hydrogen-bond acceptors (Lipinski definition) is 3. The molecule has 0 saturated heterocycles. The maximum atomic E-state index is 11.5. The number of carbonyl (C=O) groups excluding carboxylic acids is 2. The molecule has 0 N–H and O–H groups in total. The van der Waals surface area contributed by atoms with E-state index in [9.17, 15) is 9.59 Å². The lowest BCUT2D eigenvalue weighted by atomic mass is 9.99. The van der Waals surface area contributed by atoms with Crippen LogP contribution in [0.2, 0.25) is 0 Å². The van der Waals surface area contributed by atoms with Gasteiger partial charge in [0.15, 0.2) is 6.29 Å². The SMILES string of the molecule is Cc1cccc(CCC(=O)OCC(C)C)c1C=O. The summed E-state index contributed by atoms with van der Waals surface area (Å²) in [6.45, 7) is 6.34. The minimum atomic E-state index is -0.206. The molecular weight excluding hydrogens is 228 g/mol. The second-order valence-corrected chi connectivity index (χ2v) is 4.84. The Bertz CT molecular complexity index is 422. The topological polar surface area (TPSA) is 43.4 Å². The van der Waals surface area contributed by atoms with Gasteiger partial charge in [0.1, 0.15) is 0 Å². The monoisotopic (exact) mass is 248 g/mol. The molecule has 98 valence electrons. The first-order valence-corrected chi connectivity index (χ1v) is 6.24. The summed E-state index contributed by atoms with van der Waals surface area (Å²) in [6.07, 6.45) is 1.72. The van der Waals surface area contributed by atoms with E-state index in [1.807, 2.05) is 39.0 Å². The molecule has 0 bridgehead atoms. The third-order valence-corrected chi connectivity index (χ3v) is 2.71. The minimum Gasteiger partial charge on any atom is -0.465 e. The zero-order chi connectivity index (χ0) is 13.5. The average Bonchev–Trinajstić information content (AvgIpc) is 2.33. The number of ether oxygens (including phenoxy) is 1. The van der Waals surface area contributed by atoms with E-state index in [2.05, 4.69) is 0 Å². The summed E-state index contributed by atoms with van der Waals surface area (Å²) >= 11 is 0. The van der Waals surface area contributed by atoms with E-state index in [1.54, 1.807) is 0 Å². The van der Waals surface area contributed by atoms with Crippen LogP contribution in [0.5, 0.6) is 0 Å². The number of carbonyl (C=O) groups is 2. The van der Waals surface area contributed by atoms with Crippen molar-refractivity contribution in [2.24, 2.45) is 5.92 Å². The largest absolute Gasteiger partial charge is 0.465 e. The van der Waals surface area contributed by atoms with E-state index < -0.39 is 0 Å². The van der Waals surface area contributed by atoms with Crippen LogP contribution in [0.3, 0.4) is 0 Å². The lowest BCUT2D eigenvalue weighted by Gasteiger charge is -2.09. The van der Waals surface area contributed by atoms with Crippen molar-refractivity contribution in [1.29, 1.82) is 0 Å². The van der Waals surface area contributed by atoms with E-state index in [4.69, 9.17) is 4.74 Å². The molecule has 3 heteroatoms. The average molecular weight is 248 g/mol. The van der Waals surface area contributed by atoms with Crippen LogP contribution < -0.4 is 0 Å². The maximum absolute atomic E-state index is 11.5. The van der Waals surface area contributed by atoms with Gasteiger partial charge in [0.25, 0.3) is 0 Å². The van der Waals surface area contributed by atoms with Crippen LogP contribution in [0.4, 0.5) is 0 Å². The Kier molecular flexibility index (Phi) is 5.56. The Balaban J connectivity index is 2.56. The number of rotatable bonds is 6. The third kappa shape index (κ3) is 4.32. The van der Waals surface area contributed by atoms with Crippen molar-refractivity contribution in [3.05, 3.63) is 34.9 Å². The molecule has 3 nitrogen and oxygen atoms in total. The normalized spacial score (nSPS) is 10.4. The standard InChI is InChI=1S/C15H20O3/c1-11(2)10-18-15(17)8-7-13-6-4-5-12(3)14(13)9-16/h4-6,9,11H,7-8,10H2,1-3H3. The van der Waals surface area contributed by atoms with E-state index in [0.717, 1.165) is 17.4 Å². The zero-order valence-corrected chi connectivity index (χ0v) is 11.2. The van der Waals surface area contributed by atoms with Gasteiger partial charge in [0.05, 0.1) is 6.61 Å². The smallest absolute Gasteiger partial charge is 0.306 e. The van der Waals surface area contributed by atoms with Crippen molar-refractivity contribution in [2.75, 3.05) is 6.61 Å². The molecule has 0 saturated carbocycles. The van der Waals surface area contributed by atoms with Gasteiger partial charge in [-0.3, -0.25) is 9.59 Å². The van der Waals surface area contributed by atoms with E-state index in [-0.39, 0.29) is 5.97 Å². The van der Waals surface area contributed by atoms with Crippen LogP contribution in [-0.4, -0.2) is 18.9 Å². The molecule has 18 heavy (non-hydrogen) atoms. The Hall–Kier alpha value is -1.64. The van der Waals surface area contributed by atoms with Gasteiger partial charge in [-0.1, -0.05) is 32.0 Å². The molecule has 0 aromatic heterocycles. The van der Waals surface area contributed by atoms with Gasteiger partial charge in [-0.25, -0.2) is 0 Å². The summed E-state index contributed by atoms with van der Waals surface area (Å²) in [4.78, 5) is 22.5. The predicted molar refractivity (Wildman–Crippen MR) is 70.7 cm³/mol.